The van der Waals surface area contributed by atoms with Gasteiger partial charge in [0.2, 0.25) is 0 Å². The van der Waals surface area contributed by atoms with Gasteiger partial charge in [0.15, 0.2) is 28.8 Å². The molecule has 29 heavy (non-hydrogen) atoms. The number of phenolic OH excluding ortho intramolecular Hbond substituents is 1. The Morgan fingerprint density at radius 2 is 1.66 bits per heavy atom. The van der Waals surface area contributed by atoms with Crippen LogP contribution in [0.15, 0.2) is 72.8 Å². The molecule has 0 heterocycles. The third kappa shape index (κ3) is 5.17. The van der Waals surface area contributed by atoms with Gasteiger partial charge >= 0.3 is 0 Å². The number of ketones is 1. The van der Waals surface area contributed by atoms with E-state index in [0.29, 0.717) is 23.7 Å². The van der Waals surface area contributed by atoms with Gasteiger partial charge in [-0.25, -0.2) is 0 Å². The van der Waals surface area contributed by atoms with E-state index in [1.165, 1.54) is 25.3 Å². The van der Waals surface area contributed by atoms with Gasteiger partial charge in [-0.2, -0.15) is 0 Å². The zero-order valence-electron chi connectivity index (χ0n) is 16.3. The quantitative estimate of drug-likeness (QED) is 0.438. The Morgan fingerprint density at radius 3 is 2.38 bits per heavy atom. The molecule has 0 unspecified atom stereocenters. The fourth-order valence-electron chi connectivity index (χ4n) is 2.74. The van der Waals surface area contributed by atoms with Gasteiger partial charge in [0.25, 0.3) is 0 Å². The predicted octanol–water partition coefficient (Wildman–Crippen LogP) is 4.88. The van der Waals surface area contributed by atoms with Crippen molar-refractivity contribution in [1.82, 2.24) is 0 Å². The van der Waals surface area contributed by atoms with E-state index in [0.717, 1.165) is 11.1 Å². The van der Waals surface area contributed by atoms with Crippen molar-refractivity contribution < 1.29 is 24.1 Å². The zero-order chi connectivity index (χ0) is 20.6. The highest BCUT2D eigenvalue weighted by Crippen LogP contribution is 2.30. The predicted molar refractivity (Wildman–Crippen MR) is 112 cm³/mol. The van der Waals surface area contributed by atoms with Crippen molar-refractivity contribution >= 4 is 11.9 Å². The number of benzene rings is 3. The number of ether oxygens (including phenoxy) is 3. The van der Waals surface area contributed by atoms with Crippen LogP contribution in [0.3, 0.4) is 0 Å². The zero-order valence-corrected chi connectivity index (χ0v) is 16.3. The van der Waals surface area contributed by atoms with Crippen LogP contribution < -0.4 is 14.2 Å². The topological polar surface area (TPSA) is 65.0 Å². The van der Waals surface area contributed by atoms with E-state index in [-0.39, 0.29) is 17.3 Å². The summed E-state index contributed by atoms with van der Waals surface area (Å²) in [7, 11) is 3.02. The highest BCUT2D eigenvalue weighted by atomic mass is 16.5. The molecule has 1 N–H and O–H groups in total. The van der Waals surface area contributed by atoms with Crippen LogP contribution in [0.5, 0.6) is 23.0 Å². The first-order chi connectivity index (χ1) is 14.1. The fraction of sp³-hybridized carbons (Fsp3) is 0.125. The van der Waals surface area contributed by atoms with Crippen molar-refractivity contribution in [2.75, 3.05) is 14.2 Å². The number of hydrogen-bond acceptors (Lipinski definition) is 5. The molecule has 0 spiro atoms. The summed E-state index contributed by atoms with van der Waals surface area (Å²) in [4.78, 5) is 12.4. The van der Waals surface area contributed by atoms with Crippen LogP contribution >= 0.6 is 0 Å². The number of carbonyl (C=O) groups excluding carboxylic acids is 1. The lowest BCUT2D eigenvalue weighted by molar-refractivity contribution is 0.104. The maximum Gasteiger partial charge on any atom is 0.185 e. The number of hydrogen-bond donors (Lipinski definition) is 1. The lowest BCUT2D eigenvalue weighted by Crippen LogP contribution is -1.98. The summed E-state index contributed by atoms with van der Waals surface area (Å²) in [6.07, 6.45) is 3.17. The van der Waals surface area contributed by atoms with Crippen molar-refractivity contribution in [2.24, 2.45) is 0 Å². The summed E-state index contributed by atoms with van der Waals surface area (Å²) in [6, 6.07) is 19.8. The molecule has 5 nitrogen and oxygen atoms in total. The molecule has 0 saturated heterocycles. The van der Waals surface area contributed by atoms with E-state index in [1.54, 1.807) is 25.3 Å². The third-order valence-electron chi connectivity index (χ3n) is 4.32. The van der Waals surface area contributed by atoms with Crippen LogP contribution in [-0.4, -0.2) is 25.1 Å². The molecule has 0 aromatic heterocycles. The van der Waals surface area contributed by atoms with Crippen molar-refractivity contribution in [3.63, 3.8) is 0 Å². The molecule has 0 fully saturated rings. The van der Waals surface area contributed by atoms with Crippen LogP contribution in [0.25, 0.3) is 6.08 Å². The van der Waals surface area contributed by atoms with Gasteiger partial charge in [-0.3, -0.25) is 4.79 Å². The Bertz CT molecular complexity index is 1010. The number of allylic oxidation sites excluding steroid dienone is 1. The standard InChI is InChI=1S/C24H22O5/c1-27-22-13-9-17(14-24(22)29-16-18-6-4-3-5-7-18)8-11-20(25)19-10-12-21(26)23(15-19)28-2/h3-15,26H,16H2,1-2H3/b11-8+. The van der Waals surface area contributed by atoms with Crippen LogP contribution in [-0.2, 0) is 6.61 Å². The van der Waals surface area contributed by atoms with E-state index in [4.69, 9.17) is 14.2 Å². The van der Waals surface area contributed by atoms with E-state index < -0.39 is 0 Å². The summed E-state index contributed by atoms with van der Waals surface area (Å²) in [6.45, 7) is 0.413. The number of methoxy groups -OCH3 is 2. The van der Waals surface area contributed by atoms with Crippen molar-refractivity contribution in [3.8, 4) is 23.0 Å². The molecule has 0 amide bonds. The minimum Gasteiger partial charge on any atom is -0.504 e. The molecular formula is C24H22O5. The third-order valence-corrected chi connectivity index (χ3v) is 4.32. The molecule has 0 aliphatic heterocycles. The molecule has 0 aliphatic rings. The molecule has 0 aliphatic carbocycles. The number of carbonyl (C=O) groups is 1. The van der Waals surface area contributed by atoms with Gasteiger partial charge < -0.3 is 19.3 Å². The van der Waals surface area contributed by atoms with E-state index in [2.05, 4.69) is 0 Å². The van der Waals surface area contributed by atoms with E-state index in [9.17, 15) is 9.90 Å². The average Bonchev–Trinajstić information content (AvgIpc) is 2.77. The Kier molecular flexibility index (Phi) is 6.53. The molecule has 3 aromatic rings. The summed E-state index contributed by atoms with van der Waals surface area (Å²) < 4.78 is 16.3. The Balaban J connectivity index is 1.75. The number of aromatic hydroxyl groups is 1. The SMILES string of the molecule is COc1cc(C(=O)/C=C/c2ccc(OC)c(OCc3ccccc3)c2)ccc1O. The van der Waals surface area contributed by atoms with Crippen molar-refractivity contribution in [1.29, 1.82) is 0 Å². The maximum atomic E-state index is 12.4. The van der Waals surface area contributed by atoms with E-state index in [1.807, 2.05) is 42.5 Å². The second-order valence-electron chi connectivity index (χ2n) is 6.27. The first-order valence-corrected chi connectivity index (χ1v) is 9.05. The molecule has 3 rings (SSSR count). The minimum absolute atomic E-state index is 0.0107. The Morgan fingerprint density at radius 1 is 0.897 bits per heavy atom. The molecule has 3 aromatic carbocycles. The summed E-state index contributed by atoms with van der Waals surface area (Å²) >= 11 is 0. The van der Waals surface area contributed by atoms with Gasteiger partial charge in [0.1, 0.15) is 6.61 Å². The highest BCUT2D eigenvalue weighted by molar-refractivity contribution is 6.07. The fourth-order valence-corrected chi connectivity index (χ4v) is 2.74. The maximum absolute atomic E-state index is 12.4. The van der Waals surface area contributed by atoms with Gasteiger partial charge in [-0.1, -0.05) is 42.5 Å². The van der Waals surface area contributed by atoms with Crippen LogP contribution in [0, 0.1) is 0 Å². The average molecular weight is 390 g/mol. The lowest BCUT2D eigenvalue weighted by Gasteiger charge is -2.11. The minimum atomic E-state index is -0.203. The van der Waals surface area contributed by atoms with Gasteiger partial charge in [0.05, 0.1) is 14.2 Å². The number of phenols is 1. The first kappa shape index (κ1) is 20.0. The highest BCUT2D eigenvalue weighted by Gasteiger charge is 2.09. The normalized spacial score (nSPS) is 10.7. The molecule has 5 heteroatoms. The number of rotatable bonds is 8. The summed E-state index contributed by atoms with van der Waals surface area (Å²) in [5.74, 6) is 1.25. The van der Waals surface area contributed by atoms with Crippen molar-refractivity contribution in [3.05, 3.63) is 89.5 Å². The molecule has 0 radical (unpaired) electrons. The first-order valence-electron chi connectivity index (χ1n) is 9.05. The summed E-state index contributed by atoms with van der Waals surface area (Å²) in [5, 5.41) is 9.66. The molecule has 0 atom stereocenters. The largest absolute Gasteiger partial charge is 0.504 e. The van der Waals surface area contributed by atoms with Gasteiger partial charge in [-0.15, -0.1) is 0 Å². The van der Waals surface area contributed by atoms with Gasteiger partial charge in [-0.05, 0) is 47.5 Å². The Hall–Kier alpha value is -3.73. The molecule has 148 valence electrons. The van der Waals surface area contributed by atoms with Crippen LogP contribution in [0.1, 0.15) is 21.5 Å². The second kappa shape index (κ2) is 9.46. The summed E-state index contributed by atoms with van der Waals surface area (Å²) in [5.41, 5.74) is 2.27. The molecular weight excluding hydrogens is 368 g/mol. The van der Waals surface area contributed by atoms with Gasteiger partial charge in [0, 0.05) is 5.56 Å². The lowest BCUT2D eigenvalue weighted by atomic mass is 10.1. The van der Waals surface area contributed by atoms with Crippen LogP contribution in [0.4, 0.5) is 0 Å². The Labute approximate surface area is 169 Å². The molecule has 0 bridgehead atoms. The smallest absolute Gasteiger partial charge is 0.185 e. The monoisotopic (exact) mass is 390 g/mol. The molecule has 0 saturated carbocycles. The van der Waals surface area contributed by atoms with Crippen LogP contribution in [0.2, 0.25) is 0 Å². The van der Waals surface area contributed by atoms with Crippen molar-refractivity contribution in [2.45, 2.75) is 6.61 Å². The van der Waals surface area contributed by atoms with E-state index >= 15 is 0 Å². The second-order valence-corrected chi connectivity index (χ2v) is 6.27.